The van der Waals surface area contributed by atoms with Crippen LogP contribution in [0.1, 0.15) is 27.6 Å². The van der Waals surface area contributed by atoms with Gasteiger partial charge in [-0.2, -0.15) is 16.9 Å². The molecule has 3 rings (SSSR count). The minimum absolute atomic E-state index is 0.245. The Morgan fingerprint density at radius 2 is 2.16 bits per heavy atom. The van der Waals surface area contributed by atoms with Crippen molar-refractivity contribution < 1.29 is 9.59 Å². The number of imide groups is 1. The molecule has 0 unspecified atom stereocenters. The standard InChI is InChI=1S/C12H12N4O2S/c1-2-19-4-3-16-11(17)8-5-13-10-7(6-14-15-10)9(8)12(16)18/h5-6H,2-4H2,1H3,(H,13,14,15). The molecule has 0 fully saturated rings. The second kappa shape index (κ2) is 4.65. The van der Waals surface area contributed by atoms with Gasteiger partial charge in [0.2, 0.25) is 0 Å². The summed E-state index contributed by atoms with van der Waals surface area (Å²) in [5.74, 6) is 1.22. The molecule has 0 atom stereocenters. The van der Waals surface area contributed by atoms with Crippen LogP contribution in [0.4, 0.5) is 0 Å². The molecule has 0 aliphatic carbocycles. The van der Waals surface area contributed by atoms with Crippen molar-refractivity contribution in [3.05, 3.63) is 23.5 Å². The highest BCUT2D eigenvalue weighted by Crippen LogP contribution is 2.27. The lowest BCUT2D eigenvalue weighted by Crippen LogP contribution is -2.31. The summed E-state index contributed by atoms with van der Waals surface area (Å²) in [4.78, 5) is 29.9. The third-order valence-corrected chi connectivity index (χ3v) is 3.96. The maximum atomic E-state index is 12.3. The number of rotatable bonds is 4. The van der Waals surface area contributed by atoms with Crippen LogP contribution >= 0.6 is 11.8 Å². The summed E-state index contributed by atoms with van der Waals surface area (Å²) in [6.45, 7) is 2.48. The van der Waals surface area contributed by atoms with E-state index in [1.165, 1.54) is 17.3 Å². The highest BCUT2D eigenvalue weighted by atomic mass is 32.2. The van der Waals surface area contributed by atoms with Gasteiger partial charge in [0.05, 0.1) is 22.7 Å². The van der Waals surface area contributed by atoms with Crippen molar-refractivity contribution in [2.45, 2.75) is 6.92 Å². The highest BCUT2D eigenvalue weighted by Gasteiger charge is 2.37. The lowest BCUT2D eigenvalue weighted by molar-refractivity contribution is 0.0665. The van der Waals surface area contributed by atoms with Gasteiger partial charge in [0.25, 0.3) is 11.8 Å². The summed E-state index contributed by atoms with van der Waals surface area (Å²) in [6.07, 6.45) is 2.99. The van der Waals surface area contributed by atoms with Crippen molar-refractivity contribution in [2.75, 3.05) is 18.1 Å². The second-order valence-electron chi connectivity index (χ2n) is 4.14. The molecular weight excluding hydrogens is 264 g/mol. The molecule has 98 valence electrons. The minimum atomic E-state index is -0.257. The number of pyridine rings is 1. The van der Waals surface area contributed by atoms with Gasteiger partial charge in [-0.25, -0.2) is 4.98 Å². The highest BCUT2D eigenvalue weighted by molar-refractivity contribution is 7.99. The third kappa shape index (κ3) is 1.81. The molecular formula is C12H12N4O2S. The molecule has 0 radical (unpaired) electrons. The molecule has 0 saturated carbocycles. The topological polar surface area (TPSA) is 79.0 Å². The predicted octanol–water partition coefficient (Wildman–Crippen LogP) is 1.31. The molecule has 0 bridgehead atoms. The molecule has 2 aromatic rings. The lowest BCUT2D eigenvalue weighted by Gasteiger charge is -2.12. The Morgan fingerprint density at radius 1 is 1.32 bits per heavy atom. The van der Waals surface area contributed by atoms with E-state index in [1.807, 2.05) is 6.92 Å². The first-order chi connectivity index (χ1) is 9.24. The van der Waals surface area contributed by atoms with Gasteiger partial charge < -0.3 is 0 Å². The van der Waals surface area contributed by atoms with E-state index >= 15 is 0 Å². The minimum Gasteiger partial charge on any atom is -0.273 e. The van der Waals surface area contributed by atoms with Gasteiger partial charge in [0.1, 0.15) is 0 Å². The Balaban J connectivity index is 1.99. The number of nitrogens with one attached hydrogen (secondary N) is 1. The number of fused-ring (bicyclic) bond motifs is 3. The molecule has 0 aromatic carbocycles. The van der Waals surface area contributed by atoms with Crippen LogP contribution in [-0.4, -0.2) is 49.9 Å². The molecule has 6 nitrogen and oxygen atoms in total. The van der Waals surface area contributed by atoms with E-state index < -0.39 is 0 Å². The molecule has 0 saturated heterocycles. The van der Waals surface area contributed by atoms with Gasteiger partial charge in [0, 0.05) is 18.5 Å². The Hall–Kier alpha value is -1.89. The average molecular weight is 276 g/mol. The van der Waals surface area contributed by atoms with Crippen molar-refractivity contribution in [3.8, 4) is 0 Å². The van der Waals surface area contributed by atoms with Crippen LogP contribution in [-0.2, 0) is 0 Å². The van der Waals surface area contributed by atoms with Crippen LogP contribution in [0.25, 0.3) is 11.0 Å². The van der Waals surface area contributed by atoms with Crippen molar-refractivity contribution >= 4 is 34.6 Å². The number of H-pyrrole nitrogens is 1. The normalized spacial score (nSPS) is 14.5. The molecule has 1 aliphatic heterocycles. The maximum Gasteiger partial charge on any atom is 0.263 e. The summed E-state index contributed by atoms with van der Waals surface area (Å²) in [5.41, 5.74) is 1.33. The summed E-state index contributed by atoms with van der Waals surface area (Å²) < 4.78 is 0. The fourth-order valence-corrected chi connectivity index (χ4v) is 2.77. The predicted molar refractivity (Wildman–Crippen MR) is 72.3 cm³/mol. The summed E-state index contributed by atoms with van der Waals surface area (Å²) in [6, 6.07) is 0. The van der Waals surface area contributed by atoms with Gasteiger partial charge in [-0.3, -0.25) is 19.6 Å². The van der Waals surface area contributed by atoms with E-state index in [-0.39, 0.29) is 11.8 Å². The quantitative estimate of drug-likeness (QED) is 0.672. The Labute approximate surface area is 113 Å². The van der Waals surface area contributed by atoms with E-state index in [0.29, 0.717) is 28.7 Å². The van der Waals surface area contributed by atoms with E-state index in [0.717, 1.165) is 11.5 Å². The molecule has 19 heavy (non-hydrogen) atoms. The monoisotopic (exact) mass is 276 g/mol. The fourth-order valence-electron chi connectivity index (χ4n) is 2.17. The second-order valence-corrected chi connectivity index (χ2v) is 5.53. The van der Waals surface area contributed by atoms with Crippen LogP contribution in [0, 0.1) is 0 Å². The number of thioether (sulfide) groups is 1. The summed E-state index contributed by atoms with van der Waals surface area (Å²) in [5, 5.41) is 7.18. The van der Waals surface area contributed by atoms with Crippen molar-refractivity contribution in [1.29, 1.82) is 0 Å². The Morgan fingerprint density at radius 3 is 2.95 bits per heavy atom. The number of aromatic amines is 1. The first kappa shape index (κ1) is 12.2. The van der Waals surface area contributed by atoms with E-state index in [9.17, 15) is 9.59 Å². The zero-order valence-corrected chi connectivity index (χ0v) is 11.2. The Bertz CT molecular complexity index is 667. The third-order valence-electron chi connectivity index (χ3n) is 3.08. The number of hydrogen-bond donors (Lipinski definition) is 1. The van der Waals surface area contributed by atoms with Crippen LogP contribution < -0.4 is 0 Å². The SMILES string of the molecule is CCSCCN1C(=O)c2cnc3[nH]ncc3c2C1=O. The molecule has 0 spiro atoms. The van der Waals surface area contributed by atoms with E-state index in [1.54, 1.807) is 11.8 Å². The van der Waals surface area contributed by atoms with Gasteiger partial charge >= 0.3 is 0 Å². The van der Waals surface area contributed by atoms with Crippen LogP contribution in [0.5, 0.6) is 0 Å². The van der Waals surface area contributed by atoms with E-state index in [4.69, 9.17) is 0 Å². The molecule has 1 aliphatic rings. The summed E-state index contributed by atoms with van der Waals surface area (Å²) in [7, 11) is 0. The number of carbonyl (C=O) groups is 2. The van der Waals surface area contributed by atoms with Crippen LogP contribution in [0.3, 0.4) is 0 Å². The van der Waals surface area contributed by atoms with Crippen LogP contribution in [0.15, 0.2) is 12.4 Å². The number of aromatic nitrogens is 3. The molecule has 2 amide bonds. The zero-order valence-electron chi connectivity index (χ0n) is 10.3. The molecule has 1 N–H and O–H groups in total. The first-order valence-electron chi connectivity index (χ1n) is 6.00. The van der Waals surface area contributed by atoms with Crippen molar-refractivity contribution in [2.24, 2.45) is 0 Å². The number of nitrogens with zero attached hydrogens (tertiary/aromatic N) is 3. The fraction of sp³-hybridized carbons (Fsp3) is 0.333. The lowest BCUT2D eigenvalue weighted by atomic mass is 10.1. The number of hydrogen-bond acceptors (Lipinski definition) is 5. The first-order valence-corrected chi connectivity index (χ1v) is 7.15. The van der Waals surface area contributed by atoms with Gasteiger partial charge in [-0.1, -0.05) is 6.92 Å². The largest absolute Gasteiger partial charge is 0.273 e. The van der Waals surface area contributed by atoms with Gasteiger partial charge in [0.15, 0.2) is 5.65 Å². The molecule has 7 heteroatoms. The van der Waals surface area contributed by atoms with Crippen LogP contribution in [0.2, 0.25) is 0 Å². The smallest absolute Gasteiger partial charge is 0.263 e. The molecule has 3 heterocycles. The zero-order chi connectivity index (χ0) is 13.4. The Kier molecular flexibility index (Phi) is 2.98. The average Bonchev–Trinajstić information content (AvgIpc) is 2.97. The van der Waals surface area contributed by atoms with Crippen molar-refractivity contribution in [3.63, 3.8) is 0 Å². The number of carbonyl (C=O) groups excluding carboxylic acids is 2. The number of amides is 2. The summed E-state index contributed by atoms with van der Waals surface area (Å²) >= 11 is 1.70. The molecule has 2 aromatic heterocycles. The maximum absolute atomic E-state index is 12.3. The van der Waals surface area contributed by atoms with Gasteiger partial charge in [-0.05, 0) is 5.75 Å². The van der Waals surface area contributed by atoms with Gasteiger partial charge in [-0.15, -0.1) is 0 Å². The van der Waals surface area contributed by atoms with Crippen molar-refractivity contribution in [1.82, 2.24) is 20.1 Å². The van der Waals surface area contributed by atoms with E-state index in [2.05, 4.69) is 15.2 Å².